The molecule has 2 unspecified atom stereocenters. The molecule has 2 heteroatoms. The van der Waals surface area contributed by atoms with Crippen LogP contribution in [0.1, 0.15) is 22.7 Å². The number of rotatable bonds is 3. The normalized spacial score (nSPS) is 21.6. The molecule has 1 aliphatic carbocycles. The van der Waals surface area contributed by atoms with Gasteiger partial charge in [0.2, 0.25) is 0 Å². The second-order valence-corrected chi connectivity index (χ2v) is 5.40. The number of hydrogen-bond donors (Lipinski definition) is 1. The minimum absolute atomic E-state index is 0.130. The third kappa shape index (κ3) is 2.42. The van der Waals surface area contributed by atoms with Gasteiger partial charge in [0.25, 0.3) is 0 Å². The van der Waals surface area contributed by atoms with Crippen LogP contribution in [-0.4, -0.2) is 18.0 Å². The fraction of sp³-hybridized carbons (Fsp3) is 0.294. The van der Waals surface area contributed by atoms with Crippen molar-refractivity contribution in [2.45, 2.75) is 25.0 Å². The van der Waals surface area contributed by atoms with E-state index < -0.39 is 0 Å². The first-order valence-corrected chi connectivity index (χ1v) is 6.83. The Morgan fingerprint density at radius 2 is 1.74 bits per heavy atom. The monoisotopic (exact) mass is 252 g/mol. The SMILES string of the molecule is CN(Cc1ccccc1)C1Cc2ccccc2C1N. The van der Waals surface area contributed by atoms with Gasteiger partial charge in [0.05, 0.1) is 0 Å². The molecule has 3 rings (SSSR count). The second-order valence-electron chi connectivity index (χ2n) is 5.40. The lowest BCUT2D eigenvalue weighted by molar-refractivity contribution is 0.214. The molecule has 0 aliphatic heterocycles. The summed E-state index contributed by atoms with van der Waals surface area (Å²) in [5, 5.41) is 0. The Balaban J connectivity index is 1.74. The van der Waals surface area contributed by atoms with Crippen LogP contribution in [0.2, 0.25) is 0 Å². The standard InChI is InChI=1S/C17H20N2/c1-19(12-13-7-3-2-4-8-13)16-11-14-9-5-6-10-15(14)17(16)18/h2-10,16-17H,11-12,18H2,1H3. The summed E-state index contributed by atoms with van der Waals surface area (Å²) in [5.74, 6) is 0. The van der Waals surface area contributed by atoms with Crippen molar-refractivity contribution < 1.29 is 0 Å². The van der Waals surface area contributed by atoms with Crippen LogP contribution in [0.25, 0.3) is 0 Å². The Labute approximate surface area is 114 Å². The van der Waals surface area contributed by atoms with Gasteiger partial charge in [-0.05, 0) is 30.2 Å². The van der Waals surface area contributed by atoms with Crippen LogP contribution in [-0.2, 0) is 13.0 Å². The van der Waals surface area contributed by atoms with Gasteiger partial charge in [0, 0.05) is 18.6 Å². The lowest BCUT2D eigenvalue weighted by atomic mass is 10.1. The second kappa shape index (κ2) is 5.16. The van der Waals surface area contributed by atoms with E-state index >= 15 is 0 Å². The molecule has 0 amide bonds. The number of nitrogens with two attached hydrogens (primary N) is 1. The maximum Gasteiger partial charge on any atom is 0.0459 e. The summed E-state index contributed by atoms with van der Waals surface area (Å²) >= 11 is 0. The van der Waals surface area contributed by atoms with E-state index in [1.54, 1.807) is 0 Å². The van der Waals surface area contributed by atoms with E-state index in [1.807, 2.05) is 0 Å². The molecule has 1 aliphatic rings. The summed E-state index contributed by atoms with van der Waals surface area (Å²) in [4.78, 5) is 2.38. The number of nitrogens with zero attached hydrogens (tertiary/aromatic N) is 1. The van der Waals surface area contributed by atoms with Crippen molar-refractivity contribution >= 4 is 0 Å². The Morgan fingerprint density at radius 1 is 1.05 bits per heavy atom. The van der Waals surface area contributed by atoms with Crippen molar-refractivity contribution in [2.75, 3.05) is 7.05 Å². The van der Waals surface area contributed by atoms with Gasteiger partial charge in [-0.1, -0.05) is 54.6 Å². The highest BCUT2D eigenvalue weighted by Gasteiger charge is 2.31. The van der Waals surface area contributed by atoms with Gasteiger partial charge < -0.3 is 5.73 Å². The molecule has 2 atom stereocenters. The van der Waals surface area contributed by atoms with E-state index in [0.29, 0.717) is 6.04 Å². The molecule has 0 spiro atoms. The van der Waals surface area contributed by atoms with Crippen molar-refractivity contribution in [2.24, 2.45) is 5.73 Å². The molecule has 0 fully saturated rings. The Hall–Kier alpha value is -1.64. The highest BCUT2D eigenvalue weighted by atomic mass is 15.1. The molecule has 0 heterocycles. The number of benzene rings is 2. The van der Waals surface area contributed by atoms with Gasteiger partial charge in [0.1, 0.15) is 0 Å². The Kier molecular flexibility index (Phi) is 3.36. The van der Waals surface area contributed by atoms with E-state index in [4.69, 9.17) is 5.73 Å². The van der Waals surface area contributed by atoms with Crippen LogP contribution in [0.15, 0.2) is 54.6 Å². The van der Waals surface area contributed by atoms with Gasteiger partial charge in [-0.3, -0.25) is 4.90 Å². The molecule has 0 aromatic heterocycles. The van der Waals surface area contributed by atoms with Gasteiger partial charge in [0.15, 0.2) is 0 Å². The van der Waals surface area contributed by atoms with Gasteiger partial charge in [-0.15, -0.1) is 0 Å². The quantitative estimate of drug-likeness (QED) is 0.910. The van der Waals surface area contributed by atoms with Crippen molar-refractivity contribution in [1.29, 1.82) is 0 Å². The first-order valence-electron chi connectivity index (χ1n) is 6.83. The average Bonchev–Trinajstić information content (AvgIpc) is 2.78. The third-order valence-corrected chi connectivity index (χ3v) is 4.10. The van der Waals surface area contributed by atoms with Crippen LogP contribution in [0.4, 0.5) is 0 Å². The Morgan fingerprint density at radius 3 is 2.47 bits per heavy atom. The predicted molar refractivity (Wildman–Crippen MR) is 78.8 cm³/mol. The predicted octanol–water partition coefficient (Wildman–Crippen LogP) is 2.74. The zero-order valence-corrected chi connectivity index (χ0v) is 11.3. The van der Waals surface area contributed by atoms with Gasteiger partial charge in [-0.25, -0.2) is 0 Å². The zero-order valence-electron chi connectivity index (χ0n) is 11.3. The van der Waals surface area contributed by atoms with E-state index in [0.717, 1.165) is 13.0 Å². The summed E-state index contributed by atoms with van der Waals surface area (Å²) in [6.07, 6.45) is 1.06. The highest BCUT2D eigenvalue weighted by Crippen LogP contribution is 2.32. The molecule has 0 saturated heterocycles. The van der Waals surface area contributed by atoms with Crippen molar-refractivity contribution in [3.8, 4) is 0 Å². The summed E-state index contributed by atoms with van der Waals surface area (Å²) in [5.41, 5.74) is 10.5. The molecule has 0 bridgehead atoms. The molecule has 19 heavy (non-hydrogen) atoms. The highest BCUT2D eigenvalue weighted by molar-refractivity contribution is 5.37. The van der Waals surface area contributed by atoms with Crippen LogP contribution in [0, 0.1) is 0 Å². The first-order chi connectivity index (χ1) is 9.25. The van der Waals surface area contributed by atoms with Crippen LogP contribution in [0.5, 0.6) is 0 Å². The van der Waals surface area contributed by atoms with Crippen LogP contribution < -0.4 is 5.73 Å². The number of likely N-dealkylation sites (N-methyl/N-ethyl adjacent to an activating group) is 1. The lowest BCUT2D eigenvalue weighted by Crippen LogP contribution is -2.37. The third-order valence-electron chi connectivity index (χ3n) is 4.10. The fourth-order valence-corrected chi connectivity index (χ4v) is 3.02. The maximum absolute atomic E-state index is 6.40. The molecule has 2 nitrogen and oxygen atoms in total. The first kappa shape index (κ1) is 12.4. The van der Waals surface area contributed by atoms with E-state index in [1.165, 1.54) is 16.7 Å². The smallest absolute Gasteiger partial charge is 0.0459 e. The van der Waals surface area contributed by atoms with E-state index in [2.05, 4.69) is 66.5 Å². The largest absolute Gasteiger partial charge is 0.323 e. The molecule has 0 radical (unpaired) electrons. The number of fused-ring (bicyclic) bond motifs is 1. The van der Waals surface area contributed by atoms with Gasteiger partial charge >= 0.3 is 0 Å². The van der Waals surface area contributed by atoms with Crippen molar-refractivity contribution in [3.05, 3.63) is 71.3 Å². The van der Waals surface area contributed by atoms with Crippen LogP contribution in [0.3, 0.4) is 0 Å². The van der Waals surface area contributed by atoms with E-state index in [9.17, 15) is 0 Å². The summed E-state index contributed by atoms with van der Waals surface area (Å²) in [7, 11) is 2.17. The van der Waals surface area contributed by atoms with Gasteiger partial charge in [-0.2, -0.15) is 0 Å². The molecule has 2 N–H and O–H groups in total. The topological polar surface area (TPSA) is 29.3 Å². The molecule has 98 valence electrons. The minimum Gasteiger partial charge on any atom is -0.323 e. The van der Waals surface area contributed by atoms with E-state index in [-0.39, 0.29) is 6.04 Å². The molecular weight excluding hydrogens is 232 g/mol. The summed E-state index contributed by atoms with van der Waals surface area (Å²) in [6, 6.07) is 19.7. The molecule has 2 aromatic carbocycles. The lowest BCUT2D eigenvalue weighted by Gasteiger charge is -2.28. The van der Waals surface area contributed by atoms with Crippen molar-refractivity contribution in [1.82, 2.24) is 4.90 Å². The zero-order chi connectivity index (χ0) is 13.2. The minimum atomic E-state index is 0.130. The average molecular weight is 252 g/mol. The Bertz CT molecular complexity index is 550. The summed E-state index contributed by atoms with van der Waals surface area (Å²) in [6.45, 7) is 0.952. The number of hydrogen-bond acceptors (Lipinski definition) is 2. The molecule has 2 aromatic rings. The fourth-order valence-electron chi connectivity index (χ4n) is 3.02. The molecular formula is C17H20N2. The van der Waals surface area contributed by atoms with Crippen LogP contribution >= 0.6 is 0 Å². The van der Waals surface area contributed by atoms with Crippen molar-refractivity contribution in [3.63, 3.8) is 0 Å². The summed E-state index contributed by atoms with van der Waals surface area (Å²) < 4.78 is 0. The maximum atomic E-state index is 6.40. The molecule has 0 saturated carbocycles.